The van der Waals surface area contributed by atoms with Crippen molar-refractivity contribution in [1.29, 1.82) is 0 Å². The molecule has 0 aromatic rings. The number of esters is 1. The Morgan fingerprint density at radius 3 is 2.00 bits per heavy atom. The third kappa shape index (κ3) is 4.25. The quantitative estimate of drug-likeness (QED) is 0.496. The molecule has 0 aliphatic heterocycles. The van der Waals surface area contributed by atoms with Crippen molar-refractivity contribution in [2.75, 3.05) is 13.2 Å². The predicted molar refractivity (Wildman–Crippen MR) is 64.9 cm³/mol. The minimum absolute atomic E-state index is 0.0130. The van der Waals surface area contributed by atoms with Gasteiger partial charge in [0.25, 0.3) is 0 Å². The van der Waals surface area contributed by atoms with Crippen LogP contribution in [0.5, 0.6) is 0 Å². The number of rotatable bonds is 7. The summed E-state index contributed by atoms with van der Waals surface area (Å²) in [5, 5.41) is 0. The summed E-state index contributed by atoms with van der Waals surface area (Å²) in [5.74, 6) is 0.608. The second-order valence-corrected chi connectivity index (χ2v) is 4.21. The Balaban J connectivity index is 4.64. The number of carbonyl (C=O) groups is 1. The second-order valence-electron chi connectivity index (χ2n) is 4.21. The number of hydrogen-bond acceptors (Lipinski definition) is 3. The molecule has 94 valence electrons. The van der Waals surface area contributed by atoms with Crippen LogP contribution in [-0.2, 0) is 14.3 Å². The van der Waals surface area contributed by atoms with Crippen molar-refractivity contribution < 1.29 is 14.3 Å². The average Bonchev–Trinajstić information content (AvgIpc) is 2.17. The molecule has 16 heavy (non-hydrogen) atoms. The molecule has 0 aromatic heterocycles. The molecule has 0 aromatic carbocycles. The van der Waals surface area contributed by atoms with E-state index < -0.39 is 0 Å². The molecule has 2 unspecified atom stereocenters. The maximum atomic E-state index is 11.7. The second kappa shape index (κ2) is 7.31. The number of carbonyl (C=O) groups excluding carboxylic acids is 1. The zero-order chi connectivity index (χ0) is 12.7. The van der Waals surface area contributed by atoms with E-state index in [-0.39, 0.29) is 17.8 Å². The lowest BCUT2D eigenvalue weighted by atomic mass is 9.83. The average molecular weight is 228 g/mol. The first-order valence-corrected chi connectivity index (χ1v) is 5.93. The summed E-state index contributed by atoms with van der Waals surface area (Å²) < 4.78 is 10.4. The Morgan fingerprint density at radius 2 is 1.62 bits per heavy atom. The SMILES string of the molecule is C=C(OCC)C(C(C)C)C(C)C(=O)OCC. The molecular weight excluding hydrogens is 204 g/mol. The first kappa shape index (κ1) is 15.0. The summed E-state index contributed by atoms with van der Waals surface area (Å²) in [6.45, 7) is 14.6. The van der Waals surface area contributed by atoms with Crippen LogP contribution in [0.1, 0.15) is 34.6 Å². The van der Waals surface area contributed by atoms with Crippen molar-refractivity contribution in [3.8, 4) is 0 Å². The molecule has 2 atom stereocenters. The summed E-state index contributed by atoms with van der Waals surface area (Å²) in [4.78, 5) is 11.7. The molecule has 0 heterocycles. The minimum atomic E-state index is -0.209. The van der Waals surface area contributed by atoms with Crippen molar-refractivity contribution in [2.45, 2.75) is 34.6 Å². The zero-order valence-corrected chi connectivity index (χ0v) is 11.1. The van der Waals surface area contributed by atoms with E-state index in [9.17, 15) is 4.79 Å². The summed E-state index contributed by atoms with van der Waals surface area (Å²) in [6.07, 6.45) is 0. The fraction of sp³-hybridized carbons (Fsp3) is 0.769. The summed E-state index contributed by atoms with van der Waals surface area (Å²) in [5.41, 5.74) is 0. The molecule has 0 amide bonds. The third-order valence-corrected chi connectivity index (χ3v) is 2.62. The van der Waals surface area contributed by atoms with E-state index in [2.05, 4.69) is 20.4 Å². The van der Waals surface area contributed by atoms with Gasteiger partial charge in [0.15, 0.2) is 0 Å². The first-order valence-electron chi connectivity index (χ1n) is 5.93. The number of ether oxygens (including phenoxy) is 2. The van der Waals surface area contributed by atoms with Gasteiger partial charge in [-0.2, -0.15) is 0 Å². The fourth-order valence-corrected chi connectivity index (χ4v) is 1.93. The van der Waals surface area contributed by atoms with Crippen molar-refractivity contribution in [3.05, 3.63) is 12.3 Å². The van der Waals surface area contributed by atoms with E-state index in [0.29, 0.717) is 24.9 Å². The lowest BCUT2D eigenvalue weighted by Crippen LogP contribution is -2.29. The van der Waals surface area contributed by atoms with Crippen LogP contribution >= 0.6 is 0 Å². The van der Waals surface area contributed by atoms with Crippen molar-refractivity contribution in [3.63, 3.8) is 0 Å². The van der Waals surface area contributed by atoms with Gasteiger partial charge in [0.1, 0.15) is 0 Å². The Bertz CT molecular complexity index is 233. The largest absolute Gasteiger partial charge is 0.499 e. The van der Waals surface area contributed by atoms with Gasteiger partial charge in [-0.3, -0.25) is 4.79 Å². The van der Waals surface area contributed by atoms with Gasteiger partial charge in [-0.1, -0.05) is 27.4 Å². The molecule has 0 fully saturated rings. The summed E-state index contributed by atoms with van der Waals surface area (Å²) >= 11 is 0. The highest BCUT2D eigenvalue weighted by Gasteiger charge is 2.30. The molecule has 0 saturated heterocycles. The molecule has 3 heteroatoms. The molecule has 0 rings (SSSR count). The van der Waals surface area contributed by atoms with Crippen LogP contribution in [0.3, 0.4) is 0 Å². The van der Waals surface area contributed by atoms with Crippen LogP contribution in [0.2, 0.25) is 0 Å². The van der Waals surface area contributed by atoms with E-state index in [1.807, 2.05) is 20.8 Å². The van der Waals surface area contributed by atoms with E-state index in [1.54, 1.807) is 0 Å². The molecule has 0 radical (unpaired) electrons. The van der Waals surface area contributed by atoms with E-state index in [0.717, 1.165) is 0 Å². The first-order chi connectivity index (χ1) is 7.45. The predicted octanol–water partition coefficient (Wildman–Crippen LogP) is 3.01. The van der Waals surface area contributed by atoms with Gasteiger partial charge in [0.05, 0.1) is 24.9 Å². The summed E-state index contributed by atoms with van der Waals surface area (Å²) in [7, 11) is 0. The van der Waals surface area contributed by atoms with Crippen molar-refractivity contribution >= 4 is 5.97 Å². The molecule has 0 aliphatic rings. The maximum Gasteiger partial charge on any atom is 0.309 e. The molecule has 0 bridgehead atoms. The zero-order valence-electron chi connectivity index (χ0n) is 11.1. The Kier molecular flexibility index (Phi) is 6.86. The van der Waals surface area contributed by atoms with E-state index in [4.69, 9.17) is 9.47 Å². The van der Waals surface area contributed by atoms with Gasteiger partial charge in [0, 0.05) is 5.92 Å². The third-order valence-electron chi connectivity index (χ3n) is 2.62. The standard InChI is InChI=1S/C13H24O3/c1-7-15-11(6)12(9(3)4)10(5)13(14)16-8-2/h9-10,12H,6-8H2,1-5H3. The van der Waals surface area contributed by atoms with Crippen LogP contribution < -0.4 is 0 Å². The normalized spacial score (nSPS) is 14.4. The molecule has 0 N–H and O–H groups in total. The minimum Gasteiger partial charge on any atom is -0.499 e. The molecule has 0 saturated carbocycles. The highest BCUT2D eigenvalue weighted by Crippen LogP contribution is 2.29. The van der Waals surface area contributed by atoms with E-state index in [1.165, 1.54) is 0 Å². The van der Waals surface area contributed by atoms with Crippen molar-refractivity contribution in [2.24, 2.45) is 17.8 Å². The van der Waals surface area contributed by atoms with Crippen LogP contribution in [-0.4, -0.2) is 19.2 Å². The van der Waals surface area contributed by atoms with Crippen LogP contribution in [0.15, 0.2) is 12.3 Å². The number of hydrogen-bond donors (Lipinski definition) is 0. The summed E-state index contributed by atoms with van der Waals surface area (Å²) in [6, 6.07) is 0. The van der Waals surface area contributed by atoms with E-state index >= 15 is 0 Å². The molecule has 0 aliphatic carbocycles. The smallest absolute Gasteiger partial charge is 0.309 e. The van der Waals surface area contributed by atoms with Crippen LogP contribution in [0, 0.1) is 17.8 Å². The molecule has 0 spiro atoms. The van der Waals surface area contributed by atoms with Gasteiger partial charge in [-0.05, 0) is 19.8 Å². The van der Waals surface area contributed by atoms with Gasteiger partial charge < -0.3 is 9.47 Å². The molecule has 3 nitrogen and oxygen atoms in total. The lowest BCUT2D eigenvalue weighted by molar-refractivity contribution is -0.150. The fourth-order valence-electron chi connectivity index (χ4n) is 1.93. The lowest BCUT2D eigenvalue weighted by Gasteiger charge is -2.27. The Hall–Kier alpha value is -0.990. The highest BCUT2D eigenvalue weighted by molar-refractivity contribution is 5.72. The Morgan fingerprint density at radius 1 is 1.12 bits per heavy atom. The van der Waals surface area contributed by atoms with Gasteiger partial charge in [0.2, 0.25) is 0 Å². The topological polar surface area (TPSA) is 35.5 Å². The maximum absolute atomic E-state index is 11.7. The van der Waals surface area contributed by atoms with Crippen LogP contribution in [0.25, 0.3) is 0 Å². The van der Waals surface area contributed by atoms with Gasteiger partial charge in [-0.15, -0.1) is 0 Å². The Labute approximate surface area is 98.8 Å². The molecular formula is C13H24O3. The van der Waals surface area contributed by atoms with Gasteiger partial charge >= 0.3 is 5.97 Å². The van der Waals surface area contributed by atoms with Gasteiger partial charge in [-0.25, -0.2) is 0 Å². The van der Waals surface area contributed by atoms with Crippen molar-refractivity contribution in [1.82, 2.24) is 0 Å². The highest BCUT2D eigenvalue weighted by atomic mass is 16.5. The monoisotopic (exact) mass is 228 g/mol. The number of allylic oxidation sites excluding steroid dienone is 1. The van der Waals surface area contributed by atoms with Crippen LogP contribution in [0.4, 0.5) is 0 Å².